The first-order valence-electron chi connectivity index (χ1n) is 1.03. The van der Waals surface area contributed by atoms with Crippen molar-refractivity contribution in [1.82, 2.24) is 0 Å². The molecule has 0 aromatic carbocycles. The zero-order valence-corrected chi connectivity index (χ0v) is 4.92. The molecule has 0 saturated carbocycles. The van der Waals surface area contributed by atoms with Crippen LogP contribution in [-0.4, -0.2) is 8.83 Å². The molecule has 0 unspecified atom stereocenters. The summed E-state index contributed by atoms with van der Waals surface area (Å²) in [7, 11) is 0.318. The van der Waals surface area contributed by atoms with Crippen LogP contribution in [0, 0.1) is 0 Å². The van der Waals surface area contributed by atoms with Crippen molar-refractivity contribution in [2.45, 2.75) is 0 Å². The number of halogens is 2. The molecule has 0 rings (SSSR count). The van der Waals surface area contributed by atoms with Gasteiger partial charge in [0.25, 0.3) is 0 Å². The lowest BCUT2D eigenvalue weighted by molar-refractivity contribution is 2.49. The van der Waals surface area contributed by atoms with Gasteiger partial charge in [-0.3, -0.25) is 0 Å². The van der Waals surface area contributed by atoms with Gasteiger partial charge in [0.2, 0.25) is 8.83 Å². The molecule has 0 aromatic heterocycles. The quantitative estimate of drug-likeness (QED) is 0.368. The molecule has 0 aliphatic heterocycles. The number of hydrogen-bond acceptors (Lipinski definition) is 0. The molecule has 0 nitrogen and oxygen atoms in total. The monoisotopic (exact) mass is 124 g/mol. The third-order valence-corrected chi connectivity index (χ3v) is 1.13. The van der Waals surface area contributed by atoms with E-state index >= 15 is 0 Å². The maximum atomic E-state index is 5.16. The molecule has 2 radical (unpaired) electrons. The Morgan fingerprint density at radius 2 is 2.20 bits per heavy atom. The molecular weight excluding hydrogens is 123 g/mol. The number of hydrogen-bond donors (Lipinski definition) is 0. The minimum atomic E-state index is 0.318. The average molecular weight is 125 g/mol. The maximum absolute atomic E-state index is 5.16. The van der Waals surface area contributed by atoms with E-state index < -0.39 is 0 Å². The summed E-state index contributed by atoms with van der Waals surface area (Å²) in [6.07, 6.45) is 0. The molecule has 0 spiro atoms. The van der Waals surface area contributed by atoms with Gasteiger partial charge in [-0.25, -0.2) is 0 Å². The smallest absolute Gasteiger partial charge is 0.165 e. The fraction of sp³-hybridized carbons (Fsp3) is 0. The zero-order valence-electron chi connectivity index (χ0n) is 2.41. The molecule has 0 heterocycles. The normalized spacial score (nSPS) is 10.0. The van der Waals surface area contributed by atoms with Crippen molar-refractivity contribution in [2.75, 3.05) is 0 Å². The first-order chi connectivity index (χ1) is 2.41. The van der Waals surface area contributed by atoms with Crippen LogP contribution in [0.1, 0.15) is 0 Å². The fourth-order valence-corrected chi connectivity index (χ4v) is 0.643. The molecule has 0 aliphatic carbocycles. The summed E-state index contributed by atoms with van der Waals surface area (Å²) < 4.78 is 0. The standard InChI is InChI=1S/C2H2Cl2Si/c3-1-2-5-4/h1-2H/b2-1+. The van der Waals surface area contributed by atoms with Crippen molar-refractivity contribution in [3.63, 3.8) is 0 Å². The second kappa shape index (κ2) is 4.54. The van der Waals surface area contributed by atoms with E-state index in [0.29, 0.717) is 8.83 Å². The van der Waals surface area contributed by atoms with Crippen molar-refractivity contribution in [3.8, 4) is 0 Å². The second-order valence-corrected chi connectivity index (χ2v) is 1.86. The molecule has 0 aliphatic rings. The highest BCUT2D eigenvalue weighted by Crippen LogP contribution is 1.76. The summed E-state index contributed by atoms with van der Waals surface area (Å²) in [6, 6.07) is 0. The van der Waals surface area contributed by atoms with E-state index in [0.717, 1.165) is 0 Å². The van der Waals surface area contributed by atoms with Gasteiger partial charge in [-0.1, -0.05) is 17.3 Å². The molecular formula is C2H2Cl2Si. The minimum Gasteiger partial charge on any atom is -0.165 e. The molecule has 0 bridgehead atoms. The lowest BCUT2D eigenvalue weighted by Crippen LogP contribution is -1.57. The van der Waals surface area contributed by atoms with Crippen LogP contribution in [0.5, 0.6) is 0 Å². The van der Waals surface area contributed by atoms with Crippen LogP contribution >= 0.6 is 22.7 Å². The van der Waals surface area contributed by atoms with Crippen molar-refractivity contribution in [3.05, 3.63) is 11.2 Å². The minimum absolute atomic E-state index is 0.318. The van der Waals surface area contributed by atoms with E-state index in [1.807, 2.05) is 0 Å². The lowest BCUT2D eigenvalue weighted by atomic mass is 11.3. The first-order valence-corrected chi connectivity index (χ1v) is 3.55. The van der Waals surface area contributed by atoms with Gasteiger partial charge in [0.1, 0.15) is 0 Å². The summed E-state index contributed by atoms with van der Waals surface area (Å²) in [6.45, 7) is 0. The van der Waals surface area contributed by atoms with Crippen LogP contribution < -0.4 is 0 Å². The van der Waals surface area contributed by atoms with Crippen LogP contribution in [0.2, 0.25) is 0 Å². The average Bonchev–Trinajstić information content (AvgIpc) is 1.41. The summed E-state index contributed by atoms with van der Waals surface area (Å²) in [5, 5.41) is 0. The van der Waals surface area contributed by atoms with Gasteiger partial charge in [0.05, 0.1) is 0 Å². The van der Waals surface area contributed by atoms with E-state index in [1.165, 1.54) is 5.54 Å². The Bertz CT molecular complexity index is 34.6. The molecule has 0 aromatic rings. The van der Waals surface area contributed by atoms with E-state index in [1.54, 1.807) is 5.70 Å². The number of rotatable bonds is 1. The van der Waals surface area contributed by atoms with Gasteiger partial charge in [-0.15, -0.1) is 0 Å². The van der Waals surface area contributed by atoms with Crippen LogP contribution in [0.25, 0.3) is 0 Å². The zero-order chi connectivity index (χ0) is 4.12. The van der Waals surface area contributed by atoms with Crippen molar-refractivity contribution < 1.29 is 0 Å². The topological polar surface area (TPSA) is 0 Å². The third-order valence-electron chi connectivity index (χ3n) is 0.126. The Hall–Kier alpha value is 0.537. The van der Waals surface area contributed by atoms with Crippen LogP contribution in [0.15, 0.2) is 11.2 Å². The van der Waals surface area contributed by atoms with Gasteiger partial charge in [-0.2, -0.15) is 11.1 Å². The Balaban J connectivity index is 2.62. The fourth-order valence-electron chi connectivity index (χ4n) is 0.0238. The molecule has 0 saturated heterocycles. The molecule has 0 atom stereocenters. The van der Waals surface area contributed by atoms with Gasteiger partial charge in [0.15, 0.2) is 0 Å². The third kappa shape index (κ3) is 4.54. The molecule has 5 heavy (non-hydrogen) atoms. The Morgan fingerprint density at radius 1 is 1.60 bits per heavy atom. The van der Waals surface area contributed by atoms with Crippen LogP contribution in [-0.2, 0) is 0 Å². The Kier molecular flexibility index (Phi) is 5.02. The van der Waals surface area contributed by atoms with E-state index in [2.05, 4.69) is 0 Å². The van der Waals surface area contributed by atoms with Crippen LogP contribution in [0.3, 0.4) is 0 Å². The summed E-state index contributed by atoms with van der Waals surface area (Å²) >= 11 is 10.2. The molecule has 28 valence electrons. The highest BCUT2D eigenvalue weighted by atomic mass is 35.6. The predicted molar refractivity (Wildman–Crippen MR) is 26.6 cm³/mol. The van der Waals surface area contributed by atoms with Crippen molar-refractivity contribution in [2.24, 2.45) is 0 Å². The second-order valence-electron chi connectivity index (χ2n) is 0.402. The first kappa shape index (κ1) is 5.54. The van der Waals surface area contributed by atoms with E-state index in [9.17, 15) is 0 Å². The molecule has 3 heteroatoms. The van der Waals surface area contributed by atoms with E-state index in [4.69, 9.17) is 22.7 Å². The summed E-state index contributed by atoms with van der Waals surface area (Å²) in [4.78, 5) is 0. The summed E-state index contributed by atoms with van der Waals surface area (Å²) in [5.41, 5.74) is 3.09. The largest absolute Gasteiger partial charge is 0.203 e. The van der Waals surface area contributed by atoms with Gasteiger partial charge in [0, 0.05) is 0 Å². The highest BCUT2D eigenvalue weighted by molar-refractivity contribution is 6.96. The van der Waals surface area contributed by atoms with Crippen molar-refractivity contribution >= 4 is 31.5 Å². The molecule has 0 amide bonds. The van der Waals surface area contributed by atoms with Gasteiger partial charge < -0.3 is 0 Å². The van der Waals surface area contributed by atoms with Gasteiger partial charge >= 0.3 is 0 Å². The maximum Gasteiger partial charge on any atom is 0.203 e. The van der Waals surface area contributed by atoms with E-state index in [-0.39, 0.29) is 0 Å². The van der Waals surface area contributed by atoms with Crippen molar-refractivity contribution in [1.29, 1.82) is 0 Å². The SMILES string of the molecule is Cl/C=C/[Si]Cl. The lowest BCUT2D eigenvalue weighted by Gasteiger charge is -1.57. The van der Waals surface area contributed by atoms with Gasteiger partial charge in [-0.05, 0) is 5.54 Å². The highest BCUT2D eigenvalue weighted by Gasteiger charge is 1.61. The molecule has 0 N–H and O–H groups in total. The summed E-state index contributed by atoms with van der Waals surface area (Å²) in [5.74, 6) is 0. The molecule has 0 fully saturated rings. The Labute approximate surface area is 43.3 Å². The predicted octanol–water partition coefficient (Wildman–Crippen LogP) is 1.55. The Morgan fingerprint density at radius 3 is 2.20 bits per heavy atom. The van der Waals surface area contributed by atoms with Crippen LogP contribution in [0.4, 0.5) is 0 Å².